The monoisotopic (exact) mass is 409 g/mol. The SMILES string of the molecule is CCNC(=NCc1noc(C)n1)N(C)CC1CCOC1.I. The van der Waals surface area contributed by atoms with Gasteiger partial charge in [-0.2, -0.15) is 4.98 Å². The van der Waals surface area contributed by atoms with Crippen LogP contribution in [0.25, 0.3) is 0 Å². The minimum absolute atomic E-state index is 0. The lowest BCUT2D eigenvalue weighted by molar-refractivity contribution is 0.181. The molecule has 0 amide bonds. The highest BCUT2D eigenvalue weighted by molar-refractivity contribution is 14.0. The van der Waals surface area contributed by atoms with Crippen molar-refractivity contribution >= 4 is 29.9 Å². The maximum absolute atomic E-state index is 5.41. The normalized spacial score (nSPS) is 18.4. The van der Waals surface area contributed by atoms with E-state index in [1.165, 1.54) is 0 Å². The van der Waals surface area contributed by atoms with Gasteiger partial charge in [0.15, 0.2) is 11.8 Å². The summed E-state index contributed by atoms with van der Waals surface area (Å²) < 4.78 is 10.4. The van der Waals surface area contributed by atoms with Crippen LogP contribution in [0.4, 0.5) is 0 Å². The molecule has 1 unspecified atom stereocenters. The maximum atomic E-state index is 5.41. The summed E-state index contributed by atoms with van der Waals surface area (Å²) in [7, 11) is 2.04. The van der Waals surface area contributed by atoms with Crippen LogP contribution in [0.1, 0.15) is 25.1 Å². The number of aliphatic imine (C=N–C) groups is 1. The molecule has 1 fully saturated rings. The first-order valence-electron chi connectivity index (χ1n) is 7.05. The molecule has 1 saturated heterocycles. The summed E-state index contributed by atoms with van der Waals surface area (Å²) in [4.78, 5) is 10.8. The third-order valence-electron chi connectivity index (χ3n) is 3.19. The van der Waals surface area contributed by atoms with Crippen LogP contribution < -0.4 is 5.32 Å². The number of aryl methyl sites for hydroxylation is 1. The molecule has 0 aromatic carbocycles. The molecule has 1 N–H and O–H groups in total. The first kappa shape index (κ1) is 18.1. The zero-order valence-electron chi connectivity index (χ0n) is 12.8. The molecule has 120 valence electrons. The summed E-state index contributed by atoms with van der Waals surface area (Å²) in [5.41, 5.74) is 0. The number of guanidine groups is 1. The van der Waals surface area contributed by atoms with Crippen molar-refractivity contribution in [2.45, 2.75) is 26.8 Å². The number of halogens is 1. The molecule has 1 aromatic rings. The molecular weight excluding hydrogens is 385 g/mol. The van der Waals surface area contributed by atoms with Crippen LogP contribution in [-0.4, -0.2) is 54.4 Å². The summed E-state index contributed by atoms with van der Waals surface area (Å²) in [6.45, 7) is 7.73. The molecule has 1 atom stereocenters. The van der Waals surface area contributed by atoms with E-state index < -0.39 is 0 Å². The van der Waals surface area contributed by atoms with Crippen LogP contribution in [0.5, 0.6) is 0 Å². The molecule has 0 saturated carbocycles. The quantitative estimate of drug-likeness (QED) is 0.451. The molecule has 8 heteroatoms. The summed E-state index contributed by atoms with van der Waals surface area (Å²) in [6, 6.07) is 0. The summed E-state index contributed by atoms with van der Waals surface area (Å²) in [6.07, 6.45) is 1.12. The van der Waals surface area contributed by atoms with Crippen LogP contribution in [0.15, 0.2) is 9.52 Å². The number of nitrogens with one attached hydrogen (secondary N) is 1. The van der Waals surface area contributed by atoms with Gasteiger partial charge in [-0.3, -0.25) is 0 Å². The van der Waals surface area contributed by atoms with Gasteiger partial charge in [-0.1, -0.05) is 5.16 Å². The van der Waals surface area contributed by atoms with Crippen molar-refractivity contribution < 1.29 is 9.26 Å². The molecule has 0 spiro atoms. The minimum atomic E-state index is 0. The Morgan fingerprint density at radius 2 is 2.33 bits per heavy atom. The molecule has 0 bridgehead atoms. The number of hydrogen-bond acceptors (Lipinski definition) is 5. The van der Waals surface area contributed by atoms with E-state index in [9.17, 15) is 0 Å². The van der Waals surface area contributed by atoms with E-state index in [0.29, 0.717) is 24.2 Å². The van der Waals surface area contributed by atoms with Crippen molar-refractivity contribution in [2.75, 3.05) is 33.4 Å². The highest BCUT2D eigenvalue weighted by Crippen LogP contribution is 2.13. The van der Waals surface area contributed by atoms with E-state index >= 15 is 0 Å². The Labute approximate surface area is 142 Å². The van der Waals surface area contributed by atoms with Crippen molar-refractivity contribution in [1.82, 2.24) is 20.4 Å². The van der Waals surface area contributed by atoms with Crippen LogP contribution in [0, 0.1) is 12.8 Å². The number of hydrogen-bond donors (Lipinski definition) is 1. The molecule has 2 rings (SSSR count). The molecular formula is C13H24IN5O2. The topological polar surface area (TPSA) is 75.8 Å². The van der Waals surface area contributed by atoms with Crippen LogP contribution >= 0.6 is 24.0 Å². The van der Waals surface area contributed by atoms with Gasteiger partial charge in [0.1, 0.15) is 6.54 Å². The Morgan fingerprint density at radius 3 is 2.90 bits per heavy atom. The first-order chi connectivity index (χ1) is 9.69. The zero-order chi connectivity index (χ0) is 14.4. The average molecular weight is 409 g/mol. The Balaban J connectivity index is 0.00000220. The van der Waals surface area contributed by atoms with Gasteiger partial charge >= 0.3 is 0 Å². The fraction of sp³-hybridized carbons (Fsp3) is 0.769. The number of ether oxygens (including phenoxy) is 1. The van der Waals surface area contributed by atoms with E-state index in [0.717, 1.165) is 38.7 Å². The number of rotatable bonds is 5. The molecule has 1 aromatic heterocycles. The summed E-state index contributed by atoms with van der Waals surface area (Å²) in [5.74, 6) is 2.62. The van der Waals surface area contributed by atoms with E-state index in [1.54, 1.807) is 6.92 Å². The van der Waals surface area contributed by atoms with Crippen molar-refractivity contribution in [3.05, 3.63) is 11.7 Å². The van der Waals surface area contributed by atoms with Crippen molar-refractivity contribution in [3.8, 4) is 0 Å². The van der Waals surface area contributed by atoms with Gasteiger partial charge in [0, 0.05) is 39.6 Å². The van der Waals surface area contributed by atoms with Gasteiger partial charge < -0.3 is 19.5 Å². The molecule has 1 aliphatic heterocycles. The largest absolute Gasteiger partial charge is 0.381 e. The zero-order valence-corrected chi connectivity index (χ0v) is 15.2. The van der Waals surface area contributed by atoms with Gasteiger partial charge in [0.05, 0.1) is 6.61 Å². The highest BCUT2D eigenvalue weighted by Gasteiger charge is 2.19. The van der Waals surface area contributed by atoms with Gasteiger partial charge in [0.2, 0.25) is 5.89 Å². The van der Waals surface area contributed by atoms with Crippen molar-refractivity contribution in [1.29, 1.82) is 0 Å². The Bertz CT molecular complexity index is 446. The Hall–Kier alpha value is -0.900. The molecule has 0 aliphatic carbocycles. The van der Waals surface area contributed by atoms with Crippen molar-refractivity contribution in [2.24, 2.45) is 10.9 Å². The van der Waals surface area contributed by atoms with Crippen LogP contribution in [-0.2, 0) is 11.3 Å². The number of nitrogens with zero attached hydrogens (tertiary/aromatic N) is 4. The fourth-order valence-corrected chi connectivity index (χ4v) is 2.22. The van der Waals surface area contributed by atoms with E-state index in [1.807, 2.05) is 7.05 Å². The second-order valence-corrected chi connectivity index (χ2v) is 5.01. The lowest BCUT2D eigenvalue weighted by atomic mass is 10.1. The molecule has 2 heterocycles. The molecule has 7 nitrogen and oxygen atoms in total. The minimum Gasteiger partial charge on any atom is -0.381 e. The standard InChI is InChI=1S/C13H23N5O2.HI/c1-4-14-13(15-7-12-16-10(2)20-17-12)18(3)8-11-5-6-19-9-11;/h11H,4-9H2,1-3H3,(H,14,15);1H. The van der Waals surface area contributed by atoms with Crippen LogP contribution in [0.2, 0.25) is 0 Å². The second-order valence-electron chi connectivity index (χ2n) is 5.01. The Morgan fingerprint density at radius 1 is 1.52 bits per heavy atom. The predicted molar refractivity (Wildman–Crippen MR) is 90.8 cm³/mol. The van der Waals surface area contributed by atoms with Gasteiger partial charge in [-0.15, -0.1) is 24.0 Å². The van der Waals surface area contributed by atoms with Crippen molar-refractivity contribution in [3.63, 3.8) is 0 Å². The molecule has 0 radical (unpaired) electrons. The van der Waals surface area contributed by atoms with Gasteiger partial charge in [0.25, 0.3) is 0 Å². The first-order valence-corrected chi connectivity index (χ1v) is 7.05. The summed E-state index contributed by atoms with van der Waals surface area (Å²) >= 11 is 0. The van der Waals surface area contributed by atoms with Gasteiger partial charge in [-0.05, 0) is 13.3 Å². The number of aromatic nitrogens is 2. The lowest BCUT2D eigenvalue weighted by Gasteiger charge is -2.24. The fourth-order valence-electron chi connectivity index (χ4n) is 2.22. The Kier molecular flexibility index (Phi) is 7.94. The van der Waals surface area contributed by atoms with E-state index in [-0.39, 0.29) is 24.0 Å². The summed E-state index contributed by atoms with van der Waals surface area (Å²) in [5, 5.41) is 7.13. The second kappa shape index (κ2) is 9.19. The molecule has 21 heavy (non-hydrogen) atoms. The predicted octanol–water partition coefficient (Wildman–Crippen LogP) is 1.43. The third-order valence-corrected chi connectivity index (χ3v) is 3.19. The molecule has 1 aliphatic rings. The van der Waals surface area contributed by atoms with E-state index in [4.69, 9.17) is 9.26 Å². The maximum Gasteiger partial charge on any atom is 0.223 e. The lowest BCUT2D eigenvalue weighted by Crippen LogP contribution is -2.41. The van der Waals surface area contributed by atoms with E-state index in [2.05, 4.69) is 32.3 Å². The average Bonchev–Trinajstić information content (AvgIpc) is 3.06. The third kappa shape index (κ3) is 5.77. The highest BCUT2D eigenvalue weighted by atomic mass is 127. The van der Waals surface area contributed by atoms with Gasteiger partial charge in [-0.25, -0.2) is 4.99 Å². The smallest absolute Gasteiger partial charge is 0.223 e. The van der Waals surface area contributed by atoms with Crippen LogP contribution in [0.3, 0.4) is 0 Å².